The largest absolute Gasteiger partial charge is 0.464 e. The summed E-state index contributed by atoms with van der Waals surface area (Å²) in [6.07, 6.45) is -0.244. The molecule has 1 aliphatic carbocycles. The van der Waals surface area contributed by atoms with Crippen molar-refractivity contribution in [1.82, 2.24) is 0 Å². The van der Waals surface area contributed by atoms with Crippen LogP contribution in [0, 0.1) is 0 Å². The van der Waals surface area contributed by atoms with Gasteiger partial charge >= 0.3 is 0 Å². The molecule has 0 spiro atoms. The van der Waals surface area contributed by atoms with Crippen LogP contribution in [0.15, 0.2) is 174 Å². The van der Waals surface area contributed by atoms with Gasteiger partial charge in [0.1, 0.15) is 16.9 Å². The van der Waals surface area contributed by atoms with Crippen molar-refractivity contribution < 1.29 is 9.15 Å². The number of para-hydroxylation sites is 1. The average Bonchev–Trinajstić information content (AvgIpc) is 3.87. The smallest absolute Gasteiger partial charge is 0.196 e. The summed E-state index contributed by atoms with van der Waals surface area (Å²) in [5, 5.41) is 8.14. The highest BCUT2D eigenvalue weighted by Crippen LogP contribution is 2.52. The van der Waals surface area contributed by atoms with Crippen LogP contribution in [0.3, 0.4) is 0 Å². The van der Waals surface area contributed by atoms with E-state index in [1.165, 1.54) is 38.6 Å². The van der Waals surface area contributed by atoms with Crippen molar-refractivity contribution >= 4 is 55.5 Å². The lowest BCUT2D eigenvalue weighted by atomic mass is 9.82. The number of benzene rings is 8. The SMILES string of the molecule is CC1(C)c2ccccc2-c2cc(N(c3ccc4oc5cc6c(cc5c4c3)NC(c3ccccc3)O6)c3ccccc3-c3ccc4ccccc4c3)ccc21. The predicted octanol–water partition coefficient (Wildman–Crippen LogP) is 13.7. The topological polar surface area (TPSA) is 37.6 Å². The Kier molecular flexibility index (Phi) is 6.62. The molecule has 1 aliphatic heterocycles. The molecule has 0 saturated heterocycles. The summed E-state index contributed by atoms with van der Waals surface area (Å²) in [6, 6.07) is 61.0. The summed E-state index contributed by atoms with van der Waals surface area (Å²) < 4.78 is 12.8. The highest BCUT2D eigenvalue weighted by molar-refractivity contribution is 6.09. The van der Waals surface area contributed by atoms with E-state index in [4.69, 9.17) is 9.15 Å². The van der Waals surface area contributed by atoms with Crippen molar-refractivity contribution in [2.75, 3.05) is 10.2 Å². The first-order valence-corrected chi connectivity index (χ1v) is 18.6. The zero-order valence-electron chi connectivity index (χ0n) is 30.0. The second-order valence-corrected chi connectivity index (χ2v) is 15.0. The lowest BCUT2D eigenvalue weighted by Crippen LogP contribution is -2.15. The van der Waals surface area contributed by atoms with Crippen molar-refractivity contribution in [3.63, 3.8) is 0 Å². The number of hydrogen-bond acceptors (Lipinski definition) is 4. The third kappa shape index (κ3) is 4.70. The first-order chi connectivity index (χ1) is 26.5. The van der Waals surface area contributed by atoms with Gasteiger partial charge in [0.25, 0.3) is 0 Å². The van der Waals surface area contributed by atoms with Gasteiger partial charge in [0, 0.05) is 44.8 Å². The molecule has 1 N–H and O–H groups in total. The number of anilines is 4. The van der Waals surface area contributed by atoms with Crippen LogP contribution in [0.4, 0.5) is 22.7 Å². The van der Waals surface area contributed by atoms with E-state index in [-0.39, 0.29) is 11.6 Å². The molecule has 2 heterocycles. The molecular formula is C50H36N2O2. The van der Waals surface area contributed by atoms with E-state index in [2.05, 4.69) is 170 Å². The van der Waals surface area contributed by atoms with Crippen molar-refractivity contribution in [2.45, 2.75) is 25.5 Å². The Balaban J connectivity index is 1.10. The summed E-state index contributed by atoms with van der Waals surface area (Å²) in [5.41, 5.74) is 14.5. The molecular weight excluding hydrogens is 661 g/mol. The van der Waals surface area contributed by atoms with Crippen molar-refractivity contribution in [2.24, 2.45) is 0 Å². The molecule has 2 aliphatic rings. The molecule has 1 aromatic heterocycles. The van der Waals surface area contributed by atoms with E-state index in [9.17, 15) is 0 Å². The average molecular weight is 697 g/mol. The number of nitrogens with one attached hydrogen (secondary N) is 1. The minimum Gasteiger partial charge on any atom is -0.464 e. The maximum Gasteiger partial charge on any atom is 0.196 e. The van der Waals surface area contributed by atoms with E-state index < -0.39 is 0 Å². The van der Waals surface area contributed by atoms with E-state index >= 15 is 0 Å². The van der Waals surface area contributed by atoms with Gasteiger partial charge in [0.05, 0.1) is 11.4 Å². The lowest BCUT2D eigenvalue weighted by Gasteiger charge is -2.29. The number of rotatable bonds is 5. The molecule has 9 aromatic rings. The van der Waals surface area contributed by atoms with Gasteiger partial charge in [-0.2, -0.15) is 0 Å². The molecule has 0 bridgehead atoms. The molecule has 4 heteroatoms. The van der Waals surface area contributed by atoms with Crippen LogP contribution >= 0.6 is 0 Å². The van der Waals surface area contributed by atoms with Gasteiger partial charge in [-0.15, -0.1) is 0 Å². The maximum absolute atomic E-state index is 6.49. The first-order valence-electron chi connectivity index (χ1n) is 18.6. The van der Waals surface area contributed by atoms with Gasteiger partial charge in [-0.1, -0.05) is 129 Å². The van der Waals surface area contributed by atoms with Crippen LogP contribution in [0.2, 0.25) is 0 Å². The number of hydrogen-bond donors (Lipinski definition) is 1. The quantitative estimate of drug-likeness (QED) is 0.194. The van der Waals surface area contributed by atoms with E-state index in [0.717, 1.165) is 61.6 Å². The minimum atomic E-state index is -0.244. The zero-order valence-corrected chi connectivity index (χ0v) is 30.0. The third-order valence-corrected chi connectivity index (χ3v) is 11.5. The monoisotopic (exact) mass is 696 g/mol. The Morgan fingerprint density at radius 2 is 1.24 bits per heavy atom. The van der Waals surface area contributed by atoms with Gasteiger partial charge < -0.3 is 19.4 Å². The molecule has 54 heavy (non-hydrogen) atoms. The number of ether oxygens (including phenoxy) is 1. The summed E-state index contributed by atoms with van der Waals surface area (Å²) in [7, 11) is 0. The van der Waals surface area contributed by atoms with Crippen LogP contribution in [-0.2, 0) is 5.41 Å². The van der Waals surface area contributed by atoms with Crippen molar-refractivity contribution in [3.8, 4) is 28.0 Å². The van der Waals surface area contributed by atoms with Crippen LogP contribution in [0.25, 0.3) is 55.0 Å². The molecule has 4 nitrogen and oxygen atoms in total. The van der Waals surface area contributed by atoms with Gasteiger partial charge in [0.2, 0.25) is 0 Å². The number of furan rings is 1. The molecule has 0 fully saturated rings. The second kappa shape index (κ2) is 11.6. The van der Waals surface area contributed by atoms with Gasteiger partial charge in [-0.25, -0.2) is 0 Å². The Hall–Kier alpha value is -6.78. The fraction of sp³-hybridized carbons (Fsp3) is 0.0800. The molecule has 0 amide bonds. The van der Waals surface area contributed by atoms with Crippen LogP contribution < -0.4 is 15.0 Å². The molecule has 11 rings (SSSR count). The zero-order chi connectivity index (χ0) is 36.0. The summed E-state index contributed by atoms with van der Waals surface area (Å²) in [6.45, 7) is 4.67. The summed E-state index contributed by atoms with van der Waals surface area (Å²) >= 11 is 0. The minimum absolute atomic E-state index is 0.0789. The Morgan fingerprint density at radius 1 is 0.537 bits per heavy atom. The Morgan fingerprint density at radius 3 is 2.13 bits per heavy atom. The molecule has 0 saturated carbocycles. The molecule has 258 valence electrons. The molecule has 0 radical (unpaired) electrons. The molecule has 1 unspecified atom stereocenters. The standard InChI is InChI=1S/C50H36N2O2/c1-50(2)42-18-10-8-17-38(42)39-27-35(22-24-43(39)50)52(45-19-11-9-16-37(45)34-21-20-31-12-6-7-15-33(31)26-34)36-23-25-46-40(28-36)41-29-44-48(30-47(41)53-46)54-49(51-44)32-13-4-3-5-14-32/h3-30,49,51H,1-2H3. The molecule has 1 atom stereocenters. The van der Waals surface area contributed by atoms with E-state index in [1.54, 1.807) is 0 Å². The third-order valence-electron chi connectivity index (χ3n) is 11.5. The normalized spacial score (nSPS) is 15.1. The summed E-state index contributed by atoms with van der Waals surface area (Å²) in [4.78, 5) is 2.41. The first kappa shape index (κ1) is 30.8. The van der Waals surface area contributed by atoms with E-state index in [0.29, 0.717) is 0 Å². The van der Waals surface area contributed by atoms with Crippen molar-refractivity contribution in [3.05, 3.63) is 187 Å². The fourth-order valence-corrected chi connectivity index (χ4v) is 8.76. The van der Waals surface area contributed by atoms with Gasteiger partial charge in [-0.3, -0.25) is 0 Å². The fourth-order valence-electron chi connectivity index (χ4n) is 8.76. The Bertz CT molecular complexity index is 2940. The Labute approximate surface area is 313 Å². The highest BCUT2D eigenvalue weighted by Gasteiger charge is 2.36. The van der Waals surface area contributed by atoms with Crippen LogP contribution in [-0.4, -0.2) is 0 Å². The predicted molar refractivity (Wildman–Crippen MR) is 222 cm³/mol. The molecule has 8 aromatic carbocycles. The highest BCUT2D eigenvalue weighted by atomic mass is 16.5. The number of nitrogens with zero attached hydrogens (tertiary/aromatic N) is 1. The van der Waals surface area contributed by atoms with Gasteiger partial charge in [0.15, 0.2) is 6.23 Å². The van der Waals surface area contributed by atoms with Crippen molar-refractivity contribution in [1.29, 1.82) is 0 Å². The number of fused-ring (bicyclic) bond motifs is 8. The maximum atomic E-state index is 6.49. The van der Waals surface area contributed by atoms with Crippen LogP contribution in [0.1, 0.15) is 36.8 Å². The van der Waals surface area contributed by atoms with Crippen LogP contribution in [0.5, 0.6) is 5.75 Å². The summed E-state index contributed by atoms with van der Waals surface area (Å²) in [5.74, 6) is 0.794. The lowest BCUT2D eigenvalue weighted by molar-refractivity contribution is 0.260. The van der Waals surface area contributed by atoms with Gasteiger partial charge in [-0.05, 0) is 87.1 Å². The van der Waals surface area contributed by atoms with E-state index in [1.807, 2.05) is 24.3 Å². The second-order valence-electron chi connectivity index (χ2n) is 15.0.